The van der Waals surface area contributed by atoms with Crippen LogP contribution in [0.5, 0.6) is 0 Å². The lowest BCUT2D eigenvalue weighted by Crippen LogP contribution is -2.30. The third-order valence-electron chi connectivity index (χ3n) is 10.4. The number of allylic oxidation sites excluding steroid dienone is 30. The van der Waals surface area contributed by atoms with Gasteiger partial charge < -0.3 is 14.2 Å². The number of rotatable bonds is 46. The SMILES string of the molecule is CC/C=C\C/C=C\C/C=C\C/C=C\C/C=C\C/C=C\CCC(=O)OCC(COC(=O)CCCC/C=C\C/C=C\C/C=C\C/C=C\CC)OC(=O)CCCCC/C=C\C/C=C\C/C=C\C/C=C\C/C=C\CC. The number of hydrogen-bond acceptors (Lipinski definition) is 6. The molecule has 0 N–H and O–H groups in total. The van der Waals surface area contributed by atoms with Gasteiger partial charge in [0, 0.05) is 19.3 Å². The third kappa shape index (κ3) is 55.3. The monoisotopic (exact) mass is 973 g/mol. The molecule has 71 heavy (non-hydrogen) atoms. The minimum Gasteiger partial charge on any atom is -0.462 e. The molecule has 0 radical (unpaired) electrons. The van der Waals surface area contributed by atoms with E-state index in [4.69, 9.17) is 14.2 Å². The maximum atomic E-state index is 12.8. The molecule has 0 aliphatic carbocycles. The fourth-order valence-electron chi connectivity index (χ4n) is 6.42. The molecule has 0 aliphatic heterocycles. The maximum absolute atomic E-state index is 12.8. The lowest BCUT2D eigenvalue weighted by Gasteiger charge is -2.18. The zero-order chi connectivity index (χ0) is 51.4. The average Bonchev–Trinajstić information content (AvgIpc) is 3.37. The van der Waals surface area contributed by atoms with Gasteiger partial charge in [-0.25, -0.2) is 0 Å². The van der Waals surface area contributed by atoms with Gasteiger partial charge in [-0.15, -0.1) is 0 Å². The zero-order valence-corrected chi connectivity index (χ0v) is 44.6. The Bertz CT molecular complexity index is 1730. The second kappa shape index (κ2) is 57.1. The van der Waals surface area contributed by atoms with Crippen LogP contribution in [-0.2, 0) is 28.6 Å². The van der Waals surface area contributed by atoms with Crippen molar-refractivity contribution in [2.75, 3.05) is 13.2 Å². The van der Waals surface area contributed by atoms with E-state index < -0.39 is 6.10 Å². The van der Waals surface area contributed by atoms with E-state index in [9.17, 15) is 14.4 Å². The van der Waals surface area contributed by atoms with Gasteiger partial charge in [-0.3, -0.25) is 14.4 Å². The minimum atomic E-state index is -0.855. The van der Waals surface area contributed by atoms with Crippen molar-refractivity contribution in [3.8, 4) is 0 Å². The molecule has 0 rings (SSSR count). The molecule has 0 aliphatic rings. The first-order chi connectivity index (χ1) is 35.0. The third-order valence-corrected chi connectivity index (χ3v) is 10.4. The maximum Gasteiger partial charge on any atom is 0.306 e. The number of carbonyl (C=O) groups is 3. The summed E-state index contributed by atoms with van der Waals surface area (Å²) in [7, 11) is 0. The quantitative estimate of drug-likeness (QED) is 0.0262. The Morgan fingerprint density at radius 3 is 0.873 bits per heavy atom. The van der Waals surface area contributed by atoms with E-state index in [0.717, 1.165) is 128 Å². The van der Waals surface area contributed by atoms with Crippen molar-refractivity contribution in [1.29, 1.82) is 0 Å². The first-order valence-corrected chi connectivity index (χ1v) is 27.3. The van der Waals surface area contributed by atoms with Crippen molar-refractivity contribution in [2.24, 2.45) is 0 Å². The van der Waals surface area contributed by atoms with Crippen molar-refractivity contribution < 1.29 is 28.6 Å². The lowest BCUT2D eigenvalue weighted by atomic mass is 10.1. The van der Waals surface area contributed by atoms with Gasteiger partial charge in [0.1, 0.15) is 13.2 Å². The van der Waals surface area contributed by atoms with Crippen molar-refractivity contribution in [1.82, 2.24) is 0 Å². The summed E-state index contributed by atoms with van der Waals surface area (Å²) < 4.78 is 16.7. The average molecular weight is 973 g/mol. The Kier molecular flexibility index (Phi) is 52.7. The van der Waals surface area contributed by atoms with Crippen LogP contribution in [0.15, 0.2) is 182 Å². The molecule has 0 saturated carbocycles. The molecule has 392 valence electrons. The molecule has 1 atom stereocenters. The molecule has 0 spiro atoms. The van der Waals surface area contributed by atoms with Gasteiger partial charge in [0.2, 0.25) is 0 Å². The van der Waals surface area contributed by atoms with Crippen LogP contribution in [0.3, 0.4) is 0 Å². The predicted octanol–water partition coefficient (Wildman–Crippen LogP) is 18.5. The highest BCUT2D eigenvalue weighted by atomic mass is 16.6. The van der Waals surface area contributed by atoms with E-state index in [2.05, 4.69) is 191 Å². The van der Waals surface area contributed by atoms with Gasteiger partial charge in [-0.05, 0) is 141 Å². The highest BCUT2D eigenvalue weighted by Crippen LogP contribution is 2.10. The summed E-state index contributed by atoms with van der Waals surface area (Å²) in [4.78, 5) is 38.1. The Morgan fingerprint density at radius 1 is 0.282 bits per heavy atom. The van der Waals surface area contributed by atoms with Crippen molar-refractivity contribution in [2.45, 2.75) is 194 Å². The van der Waals surface area contributed by atoms with E-state index >= 15 is 0 Å². The first-order valence-electron chi connectivity index (χ1n) is 27.3. The fraction of sp³-hybridized carbons (Fsp3) is 0.492. The molecule has 0 bridgehead atoms. The van der Waals surface area contributed by atoms with Gasteiger partial charge >= 0.3 is 17.9 Å². The molecular formula is C65H96O6. The Labute approximate surface area is 434 Å². The molecule has 0 aromatic rings. The first kappa shape index (κ1) is 65.5. The molecule has 6 nitrogen and oxygen atoms in total. The number of hydrogen-bond donors (Lipinski definition) is 0. The van der Waals surface area contributed by atoms with Gasteiger partial charge in [0.05, 0.1) is 0 Å². The van der Waals surface area contributed by atoms with Crippen molar-refractivity contribution in [3.63, 3.8) is 0 Å². The fourth-order valence-corrected chi connectivity index (χ4v) is 6.42. The standard InChI is InChI=1S/C65H96O6/c1-4-7-10-13-16-19-22-25-28-30-32-34-37-40-43-46-49-52-55-58-64(67)70-61-62(60-69-63(66)57-54-51-48-45-42-39-36-27-24-21-18-15-12-9-6-3)71-65(68)59-56-53-50-47-44-41-38-35-33-31-29-26-23-20-17-14-11-8-5-2/h7-12,16-21,25-29,32-36,40-45,49,52,62H,4-6,13-15,22-24,30-31,37-39,46-48,50-51,53-61H2,1-3H3/b10-7-,11-8-,12-9-,19-16-,20-17-,21-18-,28-25-,29-26-,34-32-,35-33-,36-27-,43-40-,44-41-,45-42-,52-49-. The van der Waals surface area contributed by atoms with E-state index in [1.54, 1.807) is 0 Å². The summed E-state index contributed by atoms with van der Waals surface area (Å²) in [6.45, 7) is 6.13. The summed E-state index contributed by atoms with van der Waals surface area (Å²) in [6, 6.07) is 0. The molecule has 0 fully saturated rings. The van der Waals surface area contributed by atoms with E-state index in [1.807, 2.05) is 12.2 Å². The van der Waals surface area contributed by atoms with Crippen LogP contribution in [-0.4, -0.2) is 37.2 Å². The molecule has 0 aromatic heterocycles. The van der Waals surface area contributed by atoms with Crippen LogP contribution in [0.2, 0.25) is 0 Å². The molecule has 0 aromatic carbocycles. The Morgan fingerprint density at radius 2 is 0.535 bits per heavy atom. The molecule has 0 saturated heterocycles. The van der Waals surface area contributed by atoms with Crippen molar-refractivity contribution >= 4 is 17.9 Å². The summed E-state index contributed by atoms with van der Waals surface area (Å²) >= 11 is 0. The number of esters is 3. The normalized spacial score (nSPS) is 13.6. The van der Waals surface area contributed by atoms with Gasteiger partial charge in [-0.1, -0.05) is 209 Å². The Hall–Kier alpha value is -5.49. The van der Waals surface area contributed by atoms with Gasteiger partial charge in [0.15, 0.2) is 6.10 Å². The van der Waals surface area contributed by atoms with Crippen LogP contribution in [0, 0.1) is 0 Å². The minimum absolute atomic E-state index is 0.147. The van der Waals surface area contributed by atoms with Gasteiger partial charge in [0.25, 0.3) is 0 Å². The van der Waals surface area contributed by atoms with E-state index in [-0.39, 0.29) is 50.4 Å². The van der Waals surface area contributed by atoms with Crippen LogP contribution in [0.1, 0.15) is 188 Å². The molecule has 0 heterocycles. The van der Waals surface area contributed by atoms with E-state index in [1.165, 1.54) is 0 Å². The van der Waals surface area contributed by atoms with Crippen LogP contribution in [0.25, 0.3) is 0 Å². The Balaban J connectivity index is 4.67. The van der Waals surface area contributed by atoms with Crippen molar-refractivity contribution in [3.05, 3.63) is 182 Å². The molecule has 0 amide bonds. The van der Waals surface area contributed by atoms with Crippen LogP contribution < -0.4 is 0 Å². The number of ether oxygens (including phenoxy) is 3. The zero-order valence-electron chi connectivity index (χ0n) is 44.6. The highest BCUT2D eigenvalue weighted by molar-refractivity contribution is 5.71. The van der Waals surface area contributed by atoms with E-state index in [0.29, 0.717) is 19.3 Å². The largest absolute Gasteiger partial charge is 0.462 e. The van der Waals surface area contributed by atoms with Crippen LogP contribution in [0.4, 0.5) is 0 Å². The van der Waals surface area contributed by atoms with Gasteiger partial charge in [-0.2, -0.15) is 0 Å². The summed E-state index contributed by atoms with van der Waals surface area (Å²) in [5.41, 5.74) is 0. The molecule has 1 unspecified atom stereocenters. The smallest absolute Gasteiger partial charge is 0.306 e. The summed E-state index contributed by atoms with van der Waals surface area (Å²) in [6.07, 6.45) is 86.0. The number of unbranched alkanes of at least 4 members (excludes halogenated alkanes) is 5. The summed E-state index contributed by atoms with van der Waals surface area (Å²) in [5.74, 6) is -1.12. The highest BCUT2D eigenvalue weighted by Gasteiger charge is 2.19. The molecule has 6 heteroatoms. The van der Waals surface area contributed by atoms with Crippen LogP contribution >= 0.6 is 0 Å². The second-order valence-corrected chi connectivity index (χ2v) is 17.0. The molecular weight excluding hydrogens is 877 g/mol. The topological polar surface area (TPSA) is 78.9 Å². The predicted molar refractivity (Wildman–Crippen MR) is 306 cm³/mol. The second-order valence-electron chi connectivity index (χ2n) is 17.0. The lowest BCUT2D eigenvalue weighted by molar-refractivity contribution is -0.166. The number of carbonyl (C=O) groups excluding carboxylic acids is 3. The summed E-state index contributed by atoms with van der Waals surface area (Å²) in [5, 5.41) is 0.